The first kappa shape index (κ1) is 15.0. The van der Waals surface area contributed by atoms with Crippen LogP contribution < -0.4 is 0 Å². The maximum absolute atomic E-state index is 4.71. The molecular weight excluding hydrogens is 220 g/mol. The highest BCUT2D eigenvalue weighted by atomic mass is 15.1. The fraction of sp³-hybridized carbons (Fsp3) is 0.688. The standard InChI is InChI=1S/C16H28N2/c1-6-9-16-17-15(14(4)5)12-18(16)11-8-7-10-13(2)3/h6,12-14H,1,7-11H2,2-5H3. The van der Waals surface area contributed by atoms with Crippen molar-refractivity contribution in [3.63, 3.8) is 0 Å². The summed E-state index contributed by atoms with van der Waals surface area (Å²) in [5.41, 5.74) is 1.20. The molecule has 0 atom stereocenters. The van der Waals surface area contributed by atoms with Gasteiger partial charge in [-0.05, 0) is 18.3 Å². The van der Waals surface area contributed by atoms with E-state index in [2.05, 4.69) is 45.0 Å². The van der Waals surface area contributed by atoms with E-state index in [1.54, 1.807) is 0 Å². The Morgan fingerprint density at radius 1 is 1.28 bits per heavy atom. The quantitative estimate of drug-likeness (QED) is 0.487. The van der Waals surface area contributed by atoms with Crippen molar-refractivity contribution in [3.05, 3.63) is 30.4 Å². The first-order valence-electron chi connectivity index (χ1n) is 7.21. The number of aromatic nitrogens is 2. The van der Waals surface area contributed by atoms with Gasteiger partial charge in [0.1, 0.15) is 5.82 Å². The van der Waals surface area contributed by atoms with E-state index in [9.17, 15) is 0 Å². The summed E-state index contributed by atoms with van der Waals surface area (Å²) in [6, 6.07) is 0. The largest absolute Gasteiger partial charge is 0.334 e. The number of imidazole rings is 1. The van der Waals surface area contributed by atoms with Gasteiger partial charge < -0.3 is 4.57 Å². The molecule has 0 bridgehead atoms. The smallest absolute Gasteiger partial charge is 0.112 e. The van der Waals surface area contributed by atoms with E-state index in [1.807, 2.05) is 6.08 Å². The zero-order chi connectivity index (χ0) is 13.5. The monoisotopic (exact) mass is 248 g/mol. The van der Waals surface area contributed by atoms with Gasteiger partial charge in [0.05, 0.1) is 5.69 Å². The SMILES string of the molecule is C=CCc1nc(C(C)C)cn1CCCCC(C)C. The molecule has 2 nitrogen and oxygen atoms in total. The molecule has 1 heterocycles. The minimum atomic E-state index is 0.505. The molecule has 0 fully saturated rings. The van der Waals surface area contributed by atoms with Crippen molar-refractivity contribution in [2.45, 2.75) is 65.8 Å². The Kier molecular flexibility index (Phi) is 6.17. The summed E-state index contributed by atoms with van der Waals surface area (Å²) in [6.45, 7) is 13.9. The third-order valence-electron chi connectivity index (χ3n) is 3.23. The Bertz CT molecular complexity index is 361. The van der Waals surface area contributed by atoms with Gasteiger partial charge >= 0.3 is 0 Å². The van der Waals surface area contributed by atoms with E-state index in [-0.39, 0.29) is 0 Å². The fourth-order valence-corrected chi connectivity index (χ4v) is 2.07. The summed E-state index contributed by atoms with van der Waals surface area (Å²) in [5.74, 6) is 2.48. The predicted molar refractivity (Wildman–Crippen MR) is 78.9 cm³/mol. The number of allylic oxidation sites excluding steroid dienone is 1. The van der Waals surface area contributed by atoms with Crippen molar-refractivity contribution in [2.24, 2.45) is 5.92 Å². The average Bonchev–Trinajstić information content (AvgIpc) is 2.68. The molecule has 1 aromatic rings. The Hall–Kier alpha value is -1.05. The zero-order valence-electron chi connectivity index (χ0n) is 12.4. The predicted octanol–water partition coefficient (Wildman–Crippen LogP) is 4.56. The lowest BCUT2D eigenvalue weighted by Gasteiger charge is -2.07. The number of rotatable bonds is 8. The van der Waals surface area contributed by atoms with Gasteiger partial charge in [0.15, 0.2) is 0 Å². The molecule has 0 spiro atoms. The van der Waals surface area contributed by atoms with Crippen LogP contribution in [0.1, 0.15) is 64.4 Å². The Morgan fingerprint density at radius 2 is 2.00 bits per heavy atom. The topological polar surface area (TPSA) is 17.8 Å². The van der Waals surface area contributed by atoms with Gasteiger partial charge in [-0.2, -0.15) is 0 Å². The van der Waals surface area contributed by atoms with E-state index < -0.39 is 0 Å². The van der Waals surface area contributed by atoms with Gasteiger partial charge in [-0.1, -0.05) is 46.6 Å². The number of hydrogen-bond donors (Lipinski definition) is 0. The Labute approximate surface area is 112 Å². The molecule has 2 heteroatoms. The lowest BCUT2D eigenvalue weighted by Crippen LogP contribution is -2.02. The summed E-state index contributed by atoms with van der Waals surface area (Å²) in [6.07, 6.45) is 8.91. The van der Waals surface area contributed by atoms with Crippen LogP contribution >= 0.6 is 0 Å². The maximum Gasteiger partial charge on any atom is 0.112 e. The van der Waals surface area contributed by atoms with E-state index >= 15 is 0 Å². The van der Waals surface area contributed by atoms with Gasteiger partial charge in [0.25, 0.3) is 0 Å². The normalized spacial score (nSPS) is 11.4. The summed E-state index contributed by atoms with van der Waals surface area (Å²) in [7, 11) is 0. The van der Waals surface area contributed by atoms with E-state index in [0.29, 0.717) is 5.92 Å². The van der Waals surface area contributed by atoms with Crippen LogP contribution in [0.25, 0.3) is 0 Å². The van der Waals surface area contributed by atoms with Crippen LogP contribution in [0.2, 0.25) is 0 Å². The molecule has 0 N–H and O–H groups in total. The molecule has 0 aliphatic rings. The van der Waals surface area contributed by atoms with Crippen molar-refractivity contribution in [2.75, 3.05) is 0 Å². The van der Waals surface area contributed by atoms with Crippen LogP contribution in [0.5, 0.6) is 0 Å². The summed E-state index contributed by atoms with van der Waals surface area (Å²) in [4.78, 5) is 4.71. The van der Waals surface area contributed by atoms with Crippen molar-refractivity contribution in [1.82, 2.24) is 9.55 Å². The highest BCUT2D eigenvalue weighted by Gasteiger charge is 2.09. The molecule has 0 saturated heterocycles. The molecule has 1 aromatic heterocycles. The second kappa shape index (κ2) is 7.40. The number of nitrogens with zero attached hydrogens (tertiary/aromatic N) is 2. The second-order valence-electron chi connectivity index (χ2n) is 5.81. The zero-order valence-corrected chi connectivity index (χ0v) is 12.4. The highest BCUT2D eigenvalue weighted by molar-refractivity contribution is 5.10. The minimum Gasteiger partial charge on any atom is -0.334 e. The molecule has 0 aromatic carbocycles. The average molecular weight is 248 g/mol. The van der Waals surface area contributed by atoms with Crippen LogP contribution in [0.4, 0.5) is 0 Å². The molecule has 102 valence electrons. The number of hydrogen-bond acceptors (Lipinski definition) is 1. The van der Waals surface area contributed by atoms with Gasteiger partial charge in [0, 0.05) is 19.2 Å². The van der Waals surface area contributed by atoms with Gasteiger partial charge in [-0.3, -0.25) is 0 Å². The summed E-state index contributed by atoms with van der Waals surface area (Å²) in [5, 5.41) is 0. The molecular formula is C16H28N2. The lowest BCUT2D eigenvalue weighted by atomic mass is 10.1. The maximum atomic E-state index is 4.71. The van der Waals surface area contributed by atoms with Crippen LogP contribution in [0, 0.1) is 5.92 Å². The molecule has 0 unspecified atom stereocenters. The lowest BCUT2D eigenvalue weighted by molar-refractivity contribution is 0.504. The van der Waals surface area contributed by atoms with Gasteiger partial charge in [-0.15, -0.1) is 6.58 Å². The van der Waals surface area contributed by atoms with Gasteiger partial charge in [-0.25, -0.2) is 4.98 Å². The van der Waals surface area contributed by atoms with Crippen LogP contribution in [0.3, 0.4) is 0 Å². The fourth-order valence-electron chi connectivity index (χ4n) is 2.07. The molecule has 0 radical (unpaired) electrons. The number of aryl methyl sites for hydroxylation is 1. The molecule has 0 saturated carbocycles. The van der Waals surface area contributed by atoms with Crippen molar-refractivity contribution in [1.29, 1.82) is 0 Å². The van der Waals surface area contributed by atoms with Crippen molar-refractivity contribution < 1.29 is 0 Å². The van der Waals surface area contributed by atoms with Crippen molar-refractivity contribution in [3.8, 4) is 0 Å². The van der Waals surface area contributed by atoms with E-state index in [1.165, 1.54) is 30.8 Å². The number of unbranched alkanes of at least 4 members (excludes halogenated alkanes) is 1. The van der Waals surface area contributed by atoms with E-state index in [4.69, 9.17) is 4.98 Å². The van der Waals surface area contributed by atoms with E-state index in [0.717, 1.165) is 18.9 Å². The highest BCUT2D eigenvalue weighted by Crippen LogP contribution is 2.16. The van der Waals surface area contributed by atoms with Crippen LogP contribution in [-0.2, 0) is 13.0 Å². The second-order valence-corrected chi connectivity index (χ2v) is 5.81. The molecule has 18 heavy (non-hydrogen) atoms. The van der Waals surface area contributed by atoms with Crippen LogP contribution in [-0.4, -0.2) is 9.55 Å². The van der Waals surface area contributed by atoms with Gasteiger partial charge in [0.2, 0.25) is 0 Å². The third-order valence-corrected chi connectivity index (χ3v) is 3.23. The molecule has 1 rings (SSSR count). The third kappa shape index (κ3) is 4.67. The van der Waals surface area contributed by atoms with Crippen LogP contribution in [0.15, 0.2) is 18.9 Å². The summed E-state index contributed by atoms with van der Waals surface area (Å²) < 4.78 is 2.32. The minimum absolute atomic E-state index is 0.505. The molecule has 0 amide bonds. The first-order chi connectivity index (χ1) is 8.54. The summed E-state index contributed by atoms with van der Waals surface area (Å²) >= 11 is 0. The Balaban J connectivity index is 2.59. The Morgan fingerprint density at radius 3 is 2.56 bits per heavy atom. The first-order valence-corrected chi connectivity index (χ1v) is 7.21. The molecule has 0 aliphatic carbocycles. The van der Waals surface area contributed by atoms with Crippen molar-refractivity contribution >= 4 is 0 Å². The molecule has 0 aliphatic heterocycles.